The number of aliphatic hydroxyl groups is 1. The van der Waals surface area contributed by atoms with Crippen molar-refractivity contribution in [3.05, 3.63) is 42.5 Å². The summed E-state index contributed by atoms with van der Waals surface area (Å²) in [4.78, 5) is 2.26. The molecule has 1 aliphatic heterocycles. The van der Waals surface area contributed by atoms with Crippen LogP contribution < -0.4 is 4.74 Å². The molecule has 0 saturated carbocycles. The van der Waals surface area contributed by atoms with Gasteiger partial charge in [-0.05, 0) is 31.2 Å². The first-order valence-corrected chi connectivity index (χ1v) is 7.82. The molecule has 2 unspecified atom stereocenters. The minimum Gasteiger partial charge on any atom is -0.472 e. The van der Waals surface area contributed by atoms with Crippen molar-refractivity contribution >= 4 is 10.8 Å². The van der Waals surface area contributed by atoms with E-state index in [2.05, 4.69) is 23.1 Å². The van der Waals surface area contributed by atoms with Crippen LogP contribution >= 0.6 is 0 Å². The monoisotopic (exact) mass is 285 g/mol. The van der Waals surface area contributed by atoms with Gasteiger partial charge < -0.3 is 9.84 Å². The molecule has 1 aliphatic rings. The lowest BCUT2D eigenvalue weighted by atomic mass is 10.1. The van der Waals surface area contributed by atoms with E-state index in [9.17, 15) is 5.11 Å². The minimum atomic E-state index is -0.512. The average molecular weight is 285 g/mol. The maximum absolute atomic E-state index is 10.1. The Morgan fingerprint density at radius 2 is 1.71 bits per heavy atom. The van der Waals surface area contributed by atoms with Crippen LogP contribution in [0, 0.1) is 0 Å². The molecule has 2 aromatic carbocycles. The number of nitrogens with zero attached hydrogens (tertiary/aromatic N) is 1. The third-order valence-corrected chi connectivity index (χ3v) is 4.16. The first-order chi connectivity index (χ1) is 10.3. The molecule has 1 fully saturated rings. The van der Waals surface area contributed by atoms with E-state index in [4.69, 9.17) is 4.74 Å². The average Bonchev–Trinajstić information content (AvgIpc) is 2.53. The number of hydrogen-bond acceptors (Lipinski definition) is 3. The Morgan fingerprint density at radius 1 is 1.00 bits per heavy atom. The van der Waals surface area contributed by atoms with E-state index < -0.39 is 6.10 Å². The maximum Gasteiger partial charge on any atom is 0.178 e. The van der Waals surface area contributed by atoms with Gasteiger partial charge in [-0.3, -0.25) is 4.90 Å². The van der Waals surface area contributed by atoms with E-state index in [-0.39, 0.29) is 6.23 Å². The molecule has 3 rings (SSSR count). The number of rotatable bonds is 4. The molecule has 0 spiro atoms. The van der Waals surface area contributed by atoms with Crippen molar-refractivity contribution in [1.82, 2.24) is 4.90 Å². The summed E-state index contributed by atoms with van der Waals surface area (Å²) < 4.78 is 6.20. The summed E-state index contributed by atoms with van der Waals surface area (Å²) in [6.07, 6.45) is 2.86. The van der Waals surface area contributed by atoms with Crippen molar-refractivity contribution in [3.8, 4) is 5.75 Å². The van der Waals surface area contributed by atoms with Gasteiger partial charge >= 0.3 is 0 Å². The van der Waals surface area contributed by atoms with Gasteiger partial charge in [-0.25, -0.2) is 0 Å². The highest BCUT2D eigenvalue weighted by Crippen LogP contribution is 2.28. The van der Waals surface area contributed by atoms with E-state index in [0.717, 1.165) is 29.6 Å². The third-order valence-electron chi connectivity index (χ3n) is 4.16. The predicted molar refractivity (Wildman–Crippen MR) is 85.5 cm³/mol. The molecule has 112 valence electrons. The lowest BCUT2D eigenvalue weighted by Crippen LogP contribution is -2.48. The van der Waals surface area contributed by atoms with Crippen LogP contribution in [0.25, 0.3) is 10.8 Å². The van der Waals surface area contributed by atoms with Crippen molar-refractivity contribution in [1.29, 1.82) is 0 Å². The van der Waals surface area contributed by atoms with Gasteiger partial charge in [0, 0.05) is 18.5 Å². The number of piperidine rings is 1. The fraction of sp³-hybridized carbons (Fsp3) is 0.444. The number of hydrogen-bond donors (Lipinski definition) is 1. The van der Waals surface area contributed by atoms with Crippen molar-refractivity contribution in [2.24, 2.45) is 0 Å². The number of aliphatic hydroxyl groups excluding tert-OH is 1. The highest BCUT2D eigenvalue weighted by Gasteiger charge is 2.26. The Kier molecular flexibility index (Phi) is 4.42. The molecule has 0 radical (unpaired) electrons. The zero-order valence-corrected chi connectivity index (χ0v) is 12.5. The second-order valence-electron chi connectivity index (χ2n) is 5.82. The van der Waals surface area contributed by atoms with Gasteiger partial charge in [-0.2, -0.15) is 0 Å². The highest BCUT2D eigenvalue weighted by molar-refractivity contribution is 5.88. The van der Waals surface area contributed by atoms with Crippen molar-refractivity contribution < 1.29 is 9.84 Å². The molecule has 0 bridgehead atoms. The predicted octanol–water partition coefficient (Wildman–Crippen LogP) is 3.41. The summed E-state index contributed by atoms with van der Waals surface area (Å²) >= 11 is 0. The van der Waals surface area contributed by atoms with E-state index >= 15 is 0 Å². The van der Waals surface area contributed by atoms with Crippen LogP contribution in [0.4, 0.5) is 0 Å². The minimum absolute atomic E-state index is 0.267. The fourth-order valence-electron chi connectivity index (χ4n) is 3.08. The van der Waals surface area contributed by atoms with E-state index in [1.807, 2.05) is 31.2 Å². The van der Waals surface area contributed by atoms with Crippen LogP contribution in [0.3, 0.4) is 0 Å². The van der Waals surface area contributed by atoms with E-state index in [0.29, 0.717) is 0 Å². The van der Waals surface area contributed by atoms with E-state index in [1.54, 1.807) is 0 Å². The molecule has 3 heteroatoms. The van der Waals surface area contributed by atoms with Gasteiger partial charge in [0.1, 0.15) is 11.9 Å². The second-order valence-corrected chi connectivity index (χ2v) is 5.82. The van der Waals surface area contributed by atoms with Crippen LogP contribution in [-0.4, -0.2) is 35.4 Å². The standard InChI is InChI=1S/C18H23NO2/c1-14(20)18(19-12-5-2-6-13-19)21-17-11-7-9-15-8-3-4-10-16(15)17/h3-4,7-11,14,18,20H,2,5-6,12-13H2,1H3. The van der Waals surface area contributed by atoms with Gasteiger partial charge in [-0.1, -0.05) is 42.8 Å². The molecule has 0 amide bonds. The SMILES string of the molecule is CC(O)C(Oc1cccc2ccccc12)N1CCCCC1. The molecule has 21 heavy (non-hydrogen) atoms. The fourth-order valence-corrected chi connectivity index (χ4v) is 3.08. The van der Waals surface area contributed by atoms with Crippen LogP contribution in [0.15, 0.2) is 42.5 Å². The summed E-state index contributed by atoms with van der Waals surface area (Å²) in [5.41, 5.74) is 0. The Labute approximate surface area is 126 Å². The Morgan fingerprint density at radius 3 is 2.48 bits per heavy atom. The topological polar surface area (TPSA) is 32.7 Å². The van der Waals surface area contributed by atoms with Gasteiger partial charge in [-0.15, -0.1) is 0 Å². The molecule has 1 N–H and O–H groups in total. The largest absolute Gasteiger partial charge is 0.472 e. The second kappa shape index (κ2) is 6.46. The molecule has 0 aliphatic carbocycles. The summed E-state index contributed by atoms with van der Waals surface area (Å²) in [5, 5.41) is 12.4. The molecule has 1 saturated heterocycles. The Hall–Kier alpha value is -1.58. The first kappa shape index (κ1) is 14.4. The Balaban J connectivity index is 1.87. The summed E-state index contributed by atoms with van der Waals surface area (Å²) in [7, 11) is 0. The lowest BCUT2D eigenvalue weighted by Gasteiger charge is -2.36. The molecular formula is C18H23NO2. The third kappa shape index (κ3) is 3.20. The molecule has 3 nitrogen and oxygen atoms in total. The molecule has 2 atom stereocenters. The molecule has 2 aromatic rings. The molecular weight excluding hydrogens is 262 g/mol. The molecule has 0 aromatic heterocycles. The van der Waals surface area contributed by atoms with Crippen molar-refractivity contribution in [3.63, 3.8) is 0 Å². The van der Waals surface area contributed by atoms with Crippen LogP contribution in [-0.2, 0) is 0 Å². The summed E-state index contributed by atoms with van der Waals surface area (Å²) in [6.45, 7) is 3.81. The van der Waals surface area contributed by atoms with Crippen LogP contribution in [0.2, 0.25) is 0 Å². The smallest absolute Gasteiger partial charge is 0.178 e. The van der Waals surface area contributed by atoms with Crippen LogP contribution in [0.5, 0.6) is 5.75 Å². The Bertz CT molecular complexity index is 585. The number of likely N-dealkylation sites (tertiary alicyclic amines) is 1. The quantitative estimate of drug-likeness (QED) is 0.934. The van der Waals surface area contributed by atoms with Crippen molar-refractivity contribution in [2.75, 3.05) is 13.1 Å². The van der Waals surface area contributed by atoms with Crippen molar-refractivity contribution in [2.45, 2.75) is 38.5 Å². The van der Waals surface area contributed by atoms with Gasteiger partial charge in [0.15, 0.2) is 6.23 Å². The van der Waals surface area contributed by atoms with E-state index in [1.165, 1.54) is 19.3 Å². The number of ether oxygens (including phenoxy) is 1. The first-order valence-electron chi connectivity index (χ1n) is 7.82. The zero-order valence-electron chi connectivity index (χ0n) is 12.5. The summed E-state index contributed by atoms with van der Waals surface area (Å²) in [5.74, 6) is 0.851. The normalized spacial score (nSPS) is 19.3. The maximum atomic E-state index is 10.1. The molecule has 1 heterocycles. The number of benzene rings is 2. The van der Waals surface area contributed by atoms with Crippen LogP contribution in [0.1, 0.15) is 26.2 Å². The van der Waals surface area contributed by atoms with Gasteiger partial charge in [0.05, 0.1) is 0 Å². The van der Waals surface area contributed by atoms with Gasteiger partial charge in [0.25, 0.3) is 0 Å². The number of fused-ring (bicyclic) bond motifs is 1. The lowest BCUT2D eigenvalue weighted by molar-refractivity contribution is -0.0644. The zero-order chi connectivity index (χ0) is 14.7. The highest BCUT2D eigenvalue weighted by atomic mass is 16.5. The van der Waals surface area contributed by atoms with Gasteiger partial charge in [0.2, 0.25) is 0 Å². The summed E-state index contributed by atoms with van der Waals surface area (Å²) in [6, 6.07) is 14.3.